The summed E-state index contributed by atoms with van der Waals surface area (Å²) >= 11 is 0. The standard InChI is InChI=1S/C13H14F3N3/c14-13(15,16)9-3-4-10-7-18-11(19(10)8-9)12(17)5-1-2-6-12/h3-4,7-8H,1-2,5-6,17H2. The largest absolute Gasteiger partial charge is 0.417 e. The average Bonchev–Trinajstić information content (AvgIpc) is 2.93. The van der Waals surface area contributed by atoms with E-state index in [2.05, 4.69) is 4.98 Å². The minimum Gasteiger partial charge on any atom is -0.319 e. The van der Waals surface area contributed by atoms with Gasteiger partial charge in [0, 0.05) is 6.20 Å². The molecule has 0 atom stereocenters. The molecule has 1 aliphatic carbocycles. The van der Waals surface area contributed by atoms with E-state index in [0.717, 1.165) is 37.9 Å². The van der Waals surface area contributed by atoms with Gasteiger partial charge in [0.15, 0.2) is 0 Å². The summed E-state index contributed by atoms with van der Waals surface area (Å²) in [6.07, 6.45) is 1.82. The molecule has 0 saturated heterocycles. The molecule has 6 heteroatoms. The third-order valence-corrected chi connectivity index (χ3v) is 3.80. The topological polar surface area (TPSA) is 43.3 Å². The molecule has 3 rings (SSSR count). The third-order valence-electron chi connectivity index (χ3n) is 3.80. The second-order valence-electron chi connectivity index (χ2n) is 5.16. The Balaban J connectivity index is 2.16. The van der Waals surface area contributed by atoms with Crippen molar-refractivity contribution >= 4 is 5.52 Å². The molecule has 0 unspecified atom stereocenters. The lowest BCUT2D eigenvalue weighted by molar-refractivity contribution is -0.137. The lowest BCUT2D eigenvalue weighted by atomic mass is 9.98. The van der Waals surface area contributed by atoms with Crippen molar-refractivity contribution in [2.45, 2.75) is 37.4 Å². The van der Waals surface area contributed by atoms with Gasteiger partial charge < -0.3 is 10.1 Å². The van der Waals surface area contributed by atoms with Crippen LogP contribution in [0.2, 0.25) is 0 Å². The van der Waals surface area contributed by atoms with E-state index < -0.39 is 17.3 Å². The molecule has 0 aliphatic heterocycles. The predicted molar refractivity (Wildman–Crippen MR) is 64.5 cm³/mol. The molecule has 2 heterocycles. The molecule has 1 aliphatic rings. The zero-order valence-corrected chi connectivity index (χ0v) is 10.2. The third kappa shape index (κ3) is 2.00. The maximum Gasteiger partial charge on any atom is 0.417 e. The number of hydrogen-bond acceptors (Lipinski definition) is 2. The number of hydrogen-bond donors (Lipinski definition) is 1. The fraction of sp³-hybridized carbons (Fsp3) is 0.462. The van der Waals surface area contributed by atoms with Gasteiger partial charge in [-0.3, -0.25) is 0 Å². The second kappa shape index (κ2) is 3.96. The fourth-order valence-corrected chi connectivity index (χ4v) is 2.76. The number of fused-ring (bicyclic) bond motifs is 1. The number of pyridine rings is 1. The van der Waals surface area contributed by atoms with Crippen LogP contribution in [0.1, 0.15) is 37.1 Å². The summed E-state index contributed by atoms with van der Waals surface area (Å²) in [4.78, 5) is 4.24. The van der Waals surface area contributed by atoms with Gasteiger partial charge in [0.05, 0.1) is 22.8 Å². The van der Waals surface area contributed by atoms with E-state index in [1.54, 1.807) is 6.20 Å². The van der Waals surface area contributed by atoms with Crippen LogP contribution in [0.4, 0.5) is 13.2 Å². The molecule has 102 valence electrons. The Morgan fingerprint density at radius 2 is 1.89 bits per heavy atom. The number of aromatic nitrogens is 2. The molecule has 19 heavy (non-hydrogen) atoms. The summed E-state index contributed by atoms with van der Waals surface area (Å²) in [5, 5.41) is 0. The first-order chi connectivity index (χ1) is 8.90. The summed E-state index contributed by atoms with van der Waals surface area (Å²) < 4.78 is 39.8. The molecule has 0 radical (unpaired) electrons. The van der Waals surface area contributed by atoms with Crippen LogP contribution in [-0.2, 0) is 11.7 Å². The summed E-state index contributed by atoms with van der Waals surface area (Å²) in [5.41, 5.74) is 5.64. The van der Waals surface area contributed by atoms with Gasteiger partial charge in [-0.15, -0.1) is 0 Å². The zero-order chi connectivity index (χ0) is 13.7. The Labute approximate surface area is 108 Å². The molecule has 0 aromatic carbocycles. The van der Waals surface area contributed by atoms with Crippen molar-refractivity contribution in [3.05, 3.63) is 35.9 Å². The maximum atomic E-state index is 12.8. The minimum atomic E-state index is -4.35. The molecule has 0 spiro atoms. The van der Waals surface area contributed by atoms with Gasteiger partial charge in [-0.25, -0.2) is 4.98 Å². The predicted octanol–water partition coefficient (Wildman–Crippen LogP) is 3.08. The lowest BCUT2D eigenvalue weighted by Crippen LogP contribution is -2.35. The van der Waals surface area contributed by atoms with Gasteiger partial charge in [0.1, 0.15) is 5.82 Å². The minimum absolute atomic E-state index is 0.533. The van der Waals surface area contributed by atoms with Crippen LogP contribution in [0.5, 0.6) is 0 Å². The van der Waals surface area contributed by atoms with E-state index in [-0.39, 0.29) is 0 Å². The van der Waals surface area contributed by atoms with Crippen LogP contribution in [0, 0.1) is 0 Å². The van der Waals surface area contributed by atoms with Crippen molar-refractivity contribution in [2.24, 2.45) is 5.73 Å². The van der Waals surface area contributed by atoms with Crippen molar-refractivity contribution in [1.82, 2.24) is 9.38 Å². The quantitative estimate of drug-likeness (QED) is 0.864. The zero-order valence-electron chi connectivity index (χ0n) is 10.2. The first kappa shape index (κ1) is 12.5. The number of alkyl halides is 3. The average molecular weight is 269 g/mol. The molecular weight excluding hydrogens is 255 g/mol. The highest BCUT2D eigenvalue weighted by Gasteiger charge is 2.36. The van der Waals surface area contributed by atoms with E-state index in [0.29, 0.717) is 11.3 Å². The van der Waals surface area contributed by atoms with Crippen molar-refractivity contribution in [3.63, 3.8) is 0 Å². The van der Waals surface area contributed by atoms with Crippen LogP contribution in [0.3, 0.4) is 0 Å². The number of rotatable bonds is 1. The maximum absolute atomic E-state index is 12.8. The molecule has 1 saturated carbocycles. The molecule has 3 nitrogen and oxygen atoms in total. The molecule has 2 aromatic rings. The summed E-state index contributed by atoms with van der Waals surface area (Å²) in [5.74, 6) is 0.533. The van der Waals surface area contributed by atoms with E-state index in [1.165, 1.54) is 10.5 Å². The Hall–Kier alpha value is -1.56. The van der Waals surface area contributed by atoms with E-state index in [1.807, 2.05) is 0 Å². The first-order valence-electron chi connectivity index (χ1n) is 6.24. The monoisotopic (exact) mass is 269 g/mol. The first-order valence-corrected chi connectivity index (χ1v) is 6.24. The Bertz CT molecular complexity index is 609. The highest BCUT2D eigenvalue weighted by molar-refractivity contribution is 5.48. The van der Waals surface area contributed by atoms with Crippen molar-refractivity contribution in [1.29, 1.82) is 0 Å². The highest BCUT2D eigenvalue weighted by Crippen LogP contribution is 2.36. The van der Waals surface area contributed by atoms with Gasteiger partial charge in [-0.1, -0.05) is 12.8 Å². The summed E-state index contributed by atoms with van der Waals surface area (Å²) in [7, 11) is 0. The van der Waals surface area contributed by atoms with Crippen LogP contribution in [0.25, 0.3) is 5.52 Å². The van der Waals surface area contributed by atoms with Crippen LogP contribution in [0.15, 0.2) is 24.5 Å². The molecule has 1 fully saturated rings. The van der Waals surface area contributed by atoms with E-state index >= 15 is 0 Å². The van der Waals surface area contributed by atoms with Crippen molar-refractivity contribution in [3.8, 4) is 0 Å². The SMILES string of the molecule is NC1(c2ncc3ccc(C(F)(F)F)cn23)CCCC1. The number of nitrogens with zero attached hydrogens (tertiary/aromatic N) is 2. The number of nitrogens with two attached hydrogens (primary N) is 1. The fourth-order valence-electron chi connectivity index (χ4n) is 2.76. The molecule has 2 N–H and O–H groups in total. The van der Waals surface area contributed by atoms with Crippen molar-refractivity contribution < 1.29 is 13.2 Å². The van der Waals surface area contributed by atoms with Crippen LogP contribution in [-0.4, -0.2) is 9.38 Å². The van der Waals surface area contributed by atoms with Crippen LogP contribution < -0.4 is 5.73 Å². The Kier molecular flexibility index (Phi) is 2.60. The number of halogens is 3. The smallest absolute Gasteiger partial charge is 0.319 e. The number of imidazole rings is 1. The molecule has 0 bridgehead atoms. The van der Waals surface area contributed by atoms with Gasteiger partial charge >= 0.3 is 6.18 Å². The Morgan fingerprint density at radius 1 is 1.21 bits per heavy atom. The summed E-state index contributed by atoms with van der Waals surface area (Å²) in [6.45, 7) is 0. The molecule has 0 amide bonds. The summed E-state index contributed by atoms with van der Waals surface area (Å²) in [6, 6.07) is 2.50. The van der Waals surface area contributed by atoms with Gasteiger partial charge in [0.2, 0.25) is 0 Å². The van der Waals surface area contributed by atoms with E-state index in [4.69, 9.17) is 5.73 Å². The highest BCUT2D eigenvalue weighted by atomic mass is 19.4. The van der Waals surface area contributed by atoms with Crippen molar-refractivity contribution in [2.75, 3.05) is 0 Å². The normalized spacial score (nSPS) is 19.2. The Morgan fingerprint density at radius 3 is 2.53 bits per heavy atom. The van der Waals surface area contributed by atoms with Gasteiger partial charge in [-0.05, 0) is 25.0 Å². The van der Waals surface area contributed by atoms with Gasteiger partial charge in [-0.2, -0.15) is 13.2 Å². The van der Waals surface area contributed by atoms with Gasteiger partial charge in [0.25, 0.3) is 0 Å². The second-order valence-corrected chi connectivity index (χ2v) is 5.16. The molecular formula is C13H14F3N3. The lowest BCUT2D eigenvalue weighted by Gasteiger charge is -2.22. The van der Waals surface area contributed by atoms with E-state index in [9.17, 15) is 13.2 Å². The van der Waals surface area contributed by atoms with Crippen LogP contribution >= 0.6 is 0 Å². The molecule has 2 aromatic heterocycles.